The standard InChI is InChI=1S/C19H26N2/c1-9-16(15(5)21-19(6,7)10-2)17-11-13(3)12-18(20-8)14(17)4/h2,9,11-12,17,20-21H,4-5H2,1,3,6-8H3/b16-9-/t17-/m1/s1. The average Bonchev–Trinajstić information content (AvgIpc) is 2.42. The predicted molar refractivity (Wildman–Crippen MR) is 92.5 cm³/mol. The van der Waals surface area contributed by atoms with E-state index in [4.69, 9.17) is 6.42 Å². The van der Waals surface area contributed by atoms with Gasteiger partial charge in [-0.05, 0) is 44.9 Å². The van der Waals surface area contributed by atoms with E-state index in [2.05, 4.69) is 54.9 Å². The Bertz CT molecular complexity index is 577. The Morgan fingerprint density at radius 1 is 1.48 bits per heavy atom. The molecule has 1 rings (SSSR count). The van der Waals surface area contributed by atoms with Gasteiger partial charge in [0.15, 0.2) is 0 Å². The van der Waals surface area contributed by atoms with E-state index in [0.29, 0.717) is 0 Å². The van der Waals surface area contributed by atoms with Gasteiger partial charge in [-0.3, -0.25) is 0 Å². The number of terminal acetylenes is 1. The molecule has 0 spiro atoms. The van der Waals surface area contributed by atoms with Crippen LogP contribution in [0.5, 0.6) is 0 Å². The Morgan fingerprint density at radius 3 is 2.57 bits per heavy atom. The lowest BCUT2D eigenvalue weighted by Crippen LogP contribution is -2.38. The molecule has 0 heterocycles. The van der Waals surface area contributed by atoms with Crippen molar-refractivity contribution in [3.05, 3.63) is 59.5 Å². The van der Waals surface area contributed by atoms with E-state index in [9.17, 15) is 0 Å². The highest BCUT2D eigenvalue weighted by molar-refractivity contribution is 5.51. The number of likely N-dealkylation sites (N-methyl/N-ethyl adjacent to an activating group) is 1. The Morgan fingerprint density at radius 2 is 2.10 bits per heavy atom. The Hall–Kier alpha value is -2.14. The monoisotopic (exact) mass is 282 g/mol. The molecular formula is C19H26N2. The summed E-state index contributed by atoms with van der Waals surface area (Å²) in [6, 6.07) is 0. The number of hydrogen-bond acceptors (Lipinski definition) is 2. The van der Waals surface area contributed by atoms with Crippen LogP contribution in [0.2, 0.25) is 0 Å². The van der Waals surface area contributed by atoms with Crippen molar-refractivity contribution < 1.29 is 0 Å². The summed E-state index contributed by atoms with van der Waals surface area (Å²) >= 11 is 0. The van der Waals surface area contributed by atoms with Crippen molar-refractivity contribution in [1.82, 2.24) is 10.6 Å². The molecule has 1 aliphatic carbocycles. The molecule has 0 fully saturated rings. The molecule has 1 aliphatic rings. The zero-order valence-electron chi connectivity index (χ0n) is 13.8. The van der Waals surface area contributed by atoms with Crippen LogP contribution in [-0.4, -0.2) is 12.6 Å². The minimum Gasteiger partial charge on any atom is -0.388 e. The molecule has 0 radical (unpaired) electrons. The Labute approximate surface area is 129 Å². The predicted octanol–water partition coefficient (Wildman–Crippen LogP) is 3.68. The van der Waals surface area contributed by atoms with Gasteiger partial charge in [0.1, 0.15) is 0 Å². The molecule has 112 valence electrons. The highest BCUT2D eigenvalue weighted by Gasteiger charge is 2.24. The maximum Gasteiger partial charge on any atom is 0.0927 e. The van der Waals surface area contributed by atoms with Gasteiger partial charge in [-0.15, -0.1) is 6.42 Å². The molecule has 0 saturated heterocycles. The molecule has 0 amide bonds. The smallest absolute Gasteiger partial charge is 0.0927 e. The van der Waals surface area contributed by atoms with Crippen molar-refractivity contribution >= 4 is 0 Å². The maximum atomic E-state index is 5.55. The van der Waals surface area contributed by atoms with Crippen LogP contribution in [0.25, 0.3) is 0 Å². The van der Waals surface area contributed by atoms with E-state index < -0.39 is 5.54 Å². The van der Waals surface area contributed by atoms with Gasteiger partial charge >= 0.3 is 0 Å². The second-order valence-corrected chi connectivity index (χ2v) is 5.84. The molecular weight excluding hydrogens is 256 g/mol. The minimum absolute atomic E-state index is 0.107. The topological polar surface area (TPSA) is 24.1 Å². The first-order chi connectivity index (χ1) is 9.75. The van der Waals surface area contributed by atoms with Crippen LogP contribution < -0.4 is 10.6 Å². The normalized spacial score (nSPS) is 19.3. The van der Waals surface area contributed by atoms with Gasteiger partial charge in [-0.1, -0.05) is 36.8 Å². The fraction of sp³-hybridized carbons (Fsp3) is 0.368. The van der Waals surface area contributed by atoms with Crippen molar-refractivity contribution in [3.8, 4) is 12.3 Å². The lowest BCUT2D eigenvalue weighted by Gasteiger charge is -2.30. The summed E-state index contributed by atoms with van der Waals surface area (Å²) in [6.07, 6.45) is 11.9. The van der Waals surface area contributed by atoms with Crippen LogP contribution in [0.4, 0.5) is 0 Å². The molecule has 0 aromatic carbocycles. The lowest BCUT2D eigenvalue weighted by molar-refractivity contribution is 0.551. The number of rotatable bonds is 5. The first-order valence-corrected chi connectivity index (χ1v) is 7.14. The Kier molecular flexibility index (Phi) is 5.27. The summed E-state index contributed by atoms with van der Waals surface area (Å²) in [5.74, 6) is 2.84. The van der Waals surface area contributed by atoms with Gasteiger partial charge in [0.05, 0.1) is 5.54 Å². The van der Waals surface area contributed by atoms with Crippen LogP contribution >= 0.6 is 0 Å². The molecule has 0 aliphatic heterocycles. The van der Waals surface area contributed by atoms with Crippen molar-refractivity contribution in [1.29, 1.82) is 0 Å². The average molecular weight is 282 g/mol. The van der Waals surface area contributed by atoms with Crippen LogP contribution in [-0.2, 0) is 0 Å². The molecule has 2 heteroatoms. The van der Waals surface area contributed by atoms with Gasteiger partial charge in [0, 0.05) is 24.4 Å². The molecule has 21 heavy (non-hydrogen) atoms. The van der Waals surface area contributed by atoms with Crippen molar-refractivity contribution in [3.63, 3.8) is 0 Å². The summed E-state index contributed by atoms with van der Waals surface area (Å²) in [4.78, 5) is 0. The summed E-state index contributed by atoms with van der Waals surface area (Å²) in [6.45, 7) is 16.4. The van der Waals surface area contributed by atoms with Crippen LogP contribution in [0.3, 0.4) is 0 Å². The fourth-order valence-corrected chi connectivity index (χ4v) is 2.44. The van der Waals surface area contributed by atoms with E-state index in [1.807, 2.05) is 27.8 Å². The number of hydrogen-bond donors (Lipinski definition) is 2. The van der Waals surface area contributed by atoms with Gasteiger partial charge < -0.3 is 10.6 Å². The molecule has 0 bridgehead atoms. The van der Waals surface area contributed by atoms with Gasteiger partial charge in [-0.25, -0.2) is 0 Å². The highest BCUT2D eigenvalue weighted by atomic mass is 15.0. The summed E-state index contributed by atoms with van der Waals surface area (Å²) in [7, 11) is 1.91. The zero-order chi connectivity index (χ0) is 16.2. The minimum atomic E-state index is -0.429. The van der Waals surface area contributed by atoms with Gasteiger partial charge in [0.2, 0.25) is 0 Å². The second kappa shape index (κ2) is 6.54. The van der Waals surface area contributed by atoms with Crippen LogP contribution in [0.1, 0.15) is 27.7 Å². The number of nitrogens with one attached hydrogen (secondary N) is 2. The largest absolute Gasteiger partial charge is 0.388 e. The van der Waals surface area contributed by atoms with E-state index >= 15 is 0 Å². The highest BCUT2D eigenvalue weighted by Crippen LogP contribution is 2.33. The molecule has 0 saturated carbocycles. The van der Waals surface area contributed by atoms with Crippen molar-refractivity contribution in [2.75, 3.05) is 7.05 Å². The third-order valence-electron chi connectivity index (χ3n) is 3.61. The lowest BCUT2D eigenvalue weighted by atomic mass is 9.82. The quantitative estimate of drug-likeness (QED) is 0.594. The van der Waals surface area contributed by atoms with Crippen molar-refractivity contribution in [2.45, 2.75) is 33.2 Å². The van der Waals surface area contributed by atoms with E-state index in [1.165, 1.54) is 5.57 Å². The van der Waals surface area contributed by atoms with Gasteiger partial charge in [-0.2, -0.15) is 0 Å². The molecule has 0 unspecified atom stereocenters. The molecule has 1 atom stereocenters. The molecule has 0 aromatic heterocycles. The third kappa shape index (κ3) is 3.92. The van der Waals surface area contributed by atoms with E-state index in [-0.39, 0.29) is 5.92 Å². The summed E-state index contributed by atoms with van der Waals surface area (Å²) in [5, 5.41) is 6.52. The first-order valence-electron chi connectivity index (χ1n) is 7.14. The zero-order valence-corrected chi connectivity index (χ0v) is 13.8. The number of allylic oxidation sites excluding steroid dienone is 6. The van der Waals surface area contributed by atoms with E-state index in [1.54, 1.807) is 0 Å². The second-order valence-electron chi connectivity index (χ2n) is 5.84. The molecule has 0 aromatic rings. The SMILES string of the molecule is C#CC(C)(C)NC(=C)/C(=C/C)[C@@H]1C=C(C)C=C(NC)C1=C. The fourth-order valence-electron chi connectivity index (χ4n) is 2.44. The third-order valence-corrected chi connectivity index (χ3v) is 3.61. The molecule has 2 N–H and O–H groups in total. The van der Waals surface area contributed by atoms with Gasteiger partial charge in [0.25, 0.3) is 0 Å². The van der Waals surface area contributed by atoms with Crippen LogP contribution in [0, 0.1) is 18.3 Å². The summed E-state index contributed by atoms with van der Waals surface area (Å²) in [5.41, 5.74) is 4.82. The van der Waals surface area contributed by atoms with E-state index in [0.717, 1.165) is 22.5 Å². The molecule has 2 nitrogen and oxygen atoms in total. The Balaban J connectivity index is 3.08. The van der Waals surface area contributed by atoms with Crippen LogP contribution in [0.15, 0.2) is 59.5 Å². The maximum absolute atomic E-state index is 5.55. The first kappa shape index (κ1) is 16.9. The van der Waals surface area contributed by atoms with Crippen molar-refractivity contribution in [2.24, 2.45) is 5.92 Å². The summed E-state index contributed by atoms with van der Waals surface area (Å²) < 4.78 is 0.